The van der Waals surface area contributed by atoms with Crippen molar-refractivity contribution < 1.29 is 4.39 Å². The Kier molecular flexibility index (Phi) is 4.34. The number of aromatic nitrogens is 1. The maximum absolute atomic E-state index is 14.0. The monoisotopic (exact) mass is 391 g/mol. The molecule has 1 spiro atoms. The number of hydrogen-bond acceptors (Lipinski definition) is 2. The summed E-state index contributed by atoms with van der Waals surface area (Å²) >= 11 is 0. The molecule has 2 aliphatic rings. The van der Waals surface area contributed by atoms with Crippen molar-refractivity contribution in [2.45, 2.75) is 56.1 Å². The number of aromatic amines is 1. The van der Waals surface area contributed by atoms with Crippen molar-refractivity contribution in [2.24, 2.45) is 0 Å². The quantitative estimate of drug-likeness (QED) is 0.639. The number of H-pyrrole nitrogens is 1. The van der Waals surface area contributed by atoms with E-state index in [1.165, 1.54) is 16.8 Å². The highest BCUT2D eigenvalue weighted by atomic mass is 19.1. The van der Waals surface area contributed by atoms with Crippen LogP contribution in [0.1, 0.15) is 49.4 Å². The average molecular weight is 392 g/mol. The molecule has 1 aliphatic carbocycles. The summed E-state index contributed by atoms with van der Waals surface area (Å²) in [6.45, 7) is 2.26. The summed E-state index contributed by atoms with van der Waals surface area (Å²) in [5.74, 6) is -0.154. The summed E-state index contributed by atoms with van der Waals surface area (Å²) < 4.78 is 14.0. The second-order valence-electron chi connectivity index (χ2n) is 9.29. The first kappa shape index (κ1) is 18.8. The summed E-state index contributed by atoms with van der Waals surface area (Å²) in [5, 5.41) is 5.00. The van der Waals surface area contributed by atoms with Crippen molar-refractivity contribution in [1.29, 1.82) is 0 Å². The largest absolute Gasteiger partial charge is 0.357 e. The van der Waals surface area contributed by atoms with Gasteiger partial charge in [0.25, 0.3) is 0 Å². The van der Waals surface area contributed by atoms with E-state index in [9.17, 15) is 4.39 Å². The lowest BCUT2D eigenvalue weighted by Gasteiger charge is -2.52. The highest BCUT2D eigenvalue weighted by Gasteiger charge is 2.49. The first-order valence-electron chi connectivity index (χ1n) is 10.7. The number of halogens is 1. The van der Waals surface area contributed by atoms with Gasteiger partial charge in [0, 0.05) is 28.2 Å². The van der Waals surface area contributed by atoms with Gasteiger partial charge in [-0.3, -0.25) is 4.90 Å². The Hall–Kier alpha value is -2.17. The lowest BCUT2D eigenvalue weighted by atomic mass is 9.65. The molecule has 2 N–H and O–H groups in total. The van der Waals surface area contributed by atoms with E-state index in [4.69, 9.17) is 0 Å². The fraction of sp³-hybridized carbons (Fsp3) is 0.440. The third-order valence-electron chi connectivity index (χ3n) is 7.48. The van der Waals surface area contributed by atoms with Gasteiger partial charge in [0.15, 0.2) is 0 Å². The molecule has 3 aromatic rings. The van der Waals surface area contributed by atoms with Gasteiger partial charge in [-0.15, -0.1) is 0 Å². The molecule has 4 heteroatoms. The zero-order valence-corrected chi connectivity index (χ0v) is 17.6. The van der Waals surface area contributed by atoms with Crippen LogP contribution in [0.25, 0.3) is 10.9 Å². The van der Waals surface area contributed by atoms with Crippen molar-refractivity contribution >= 4 is 10.9 Å². The minimum atomic E-state index is -0.154. The molecule has 0 amide bonds. The second kappa shape index (κ2) is 6.68. The van der Waals surface area contributed by atoms with Crippen LogP contribution in [0, 0.1) is 5.82 Å². The van der Waals surface area contributed by atoms with E-state index in [1.807, 2.05) is 6.07 Å². The maximum atomic E-state index is 14.0. The molecule has 2 aromatic carbocycles. The third kappa shape index (κ3) is 2.84. The number of nitrogens with one attached hydrogen (secondary N) is 2. The molecular formula is C25H30FN3. The Morgan fingerprint density at radius 2 is 1.72 bits per heavy atom. The molecule has 1 aromatic heterocycles. The van der Waals surface area contributed by atoms with E-state index in [0.717, 1.165) is 43.0 Å². The van der Waals surface area contributed by atoms with E-state index < -0.39 is 0 Å². The molecule has 2 heterocycles. The van der Waals surface area contributed by atoms with Gasteiger partial charge in [0.1, 0.15) is 5.82 Å². The fourth-order valence-corrected chi connectivity index (χ4v) is 5.97. The molecular weight excluding hydrogens is 361 g/mol. The number of hydrogen-bond donors (Lipinski definition) is 2. The molecule has 1 atom stereocenters. The lowest BCUT2D eigenvalue weighted by Crippen LogP contribution is -2.57. The van der Waals surface area contributed by atoms with Gasteiger partial charge >= 0.3 is 0 Å². The molecule has 0 radical (unpaired) electrons. The molecule has 5 rings (SSSR count). The lowest BCUT2D eigenvalue weighted by molar-refractivity contribution is 0.0445. The maximum Gasteiger partial charge on any atom is 0.123 e. The molecule has 1 aliphatic heterocycles. The average Bonchev–Trinajstić information content (AvgIpc) is 3.08. The van der Waals surface area contributed by atoms with Crippen LogP contribution in [0.2, 0.25) is 0 Å². The Balaban J connectivity index is 1.56. The van der Waals surface area contributed by atoms with Crippen molar-refractivity contribution in [3.05, 3.63) is 71.2 Å². The molecule has 152 valence electrons. The van der Waals surface area contributed by atoms with Crippen LogP contribution < -0.4 is 5.32 Å². The van der Waals surface area contributed by atoms with Gasteiger partial charge < -0.3 is 10.3 Å². The topological polar surface area (TPSA) is 31.1 Å². The van der Waals surface area contributed by atoms with Gasteiger partial charge in [0.05, 0.1) is 5.54 Å². The molecule has 3 nitrogen and oxygen atoms in total. The zero-order chi connectivity index (χ0) is 20.2. The van der Waals surface area contributed by atoms with E-state index in [1.54, 1.807) is 12.1 Å². The summed E-state index contributed by atoms with van der Waals surface area (Å²) in [6.07, 6.45) is 5.25. The number of nitrogens with zero attached hydrogens (tertiary/aromatic N) is 1. The van der Waals surface area contributed by atoms with E-state index in [-0.39, 0.29) is 16.9 Å². The molecule has 0 bridgehead atoms. The van der Waals surface area contributed by atoms with Crippen LogP contribution >= 0.6 is 0 Å². The van der Waals surface area contributed by atoms with E-state index in [2.05, 4.69) is 66.6 Å². The third-order valence-corrected chi connectivity index (χ3v) is 7.48. The summed E-state index contributed by atoms with van der Waals surface area (Å²) in [5.41, 5.74) is 5.06. The Morgan fingerprint density at radius 3 is 2.41 bits per heavy atom. The molecule has 1 fully saturated rings. The summed E-state index contributed by atoms with van der Waals surface area (Å²) in [7, 11) is 4.41. The number of rotatable bonds is 2. The van der Waals surface area contributed by atoms with E-state index >= 15 is 0 Å². The molecule has 1 saturated carbocycles. The van der Waals surface area contributed by atoms with Crippen LogP contribution in [0.15, 0.2) is 48.5 Å². The van der Waals surface area contributed by atoms with Crippen LogP contribution in [-0.4, -0.2) is 30.0 Å². The van der Waals surface area contributed by atoms with Gasteiger partial charge in [-0.2, -0.15) is 0 Å². The van der Waals surface area contributed by atoms with Crippen molar-refractivity contribution in [3.8, 4) is 0 Å². The van der Waals surface area contributed by atoms with Gasteiger partial charge in [-0.1, -0.05) is 30.3 Å². The SMILES string of the molecule is CC1Cc2c([nH]c3ccc(F)cc23)C2(CCC(c3ccccc3)(N(C)C)CC2)N1. The highest BCUT2D eigenvalue weighted by Crippen LogP contribution is 2.50. The Morgan fingerprint density at radius 1 is 1.00 bits per heavy atom. The summed E-state index contributed by atoms with van der Waals surface area (Å²) in [6, 6.07) is 16.5. The van der Waals surface area contributed by atoms with Crippen LogP contribution in [0.3, 0.4) is 0 Å². The van der Waals surface area contributed by atoms with Crippen LogP contribution in [0.4, 0.5) is 4.39 Å². The minimum absolute atomic E-state index is 0.0587. The normalized spacial score (nSPS) is 29.5. The Labute approximate surface area is 172 Å². The summed E-state index contributed by atoms with van der Waals surface area (Å²) in [4.78, 5) is 6.08. The Bertz CT molecular complexity index is 1030. The van der Waals surface area contributed by atoms with Gasteiger partial charge in [-0.25, -0.2) is 4.39 Å². The van der Waals surface area contributed by atoms with E-state index in [0.29, 0.717) is 6.04 Å². The smallest absolute Gasteiger partial charge is 0.123 e. The van der Waals surface area contributed by atoms with Gasteiger partial charge in [-0.05, 0) is 82.4 Å². The van der Waals surface area contributed by atoms with Crippen LogP contribution in [-0.2, 0) is 17.5 Å². The predicted octanol–water partition coefficient (Wildman–Crippen LogP) is 5.07. The number of fused-ring (bicyclic) bond motifs is 4. The first-order chi connectivity index (χ1) is 13.9. The highest BCUT2D eigenvalue weighted by molar-refractivity contribution is 5.85. The second-order valence-corrected chi connectivity index (χ2v) is 9.29. The van der Waals surface area contributed by atoms with Gasteiger partial charge in [0.2, 0.25) is 0 Å². The van der Waals surface area contributed by atoms with Crippen molar-refractivity contribution in [2.75, 3.05) is 14.1 Å². The van der Waals surface area contributed by atoms with Crippen molar-refractivity contribution in [1.82, 2.24) is 15.2 Å². The zero-order valence-electron chi connectivity index (χ0n) is 17.6. The number of benzene rings is 2. The predicted molar refractivity (Wildman–Crippen MR) is 117 cm³/mol. The van der Waals surface area contributed by atoms with Crippen LogP contribution in [0.5, 0.6) is 0 Å². The minimum Gasteiger partial charge on any atom is -0.357 e. The van der Waals surface area contributed by atoms with Crippen molar-refractivity contribution in [3.63, 3.8) is 0 Å². The standard InChI is InChI=1S/C25H30FN3/c1-17-15-21-20-16-19(26)9-10-22(20)27-23(21)24(28-17)11-13-25(14-12-24,29(2)3)18-7-5-4-6-8-18/h4-10,16-17,27-28H,11-15H2,1-3H3. The fourth-order valence-electron chi connectivity index (χ4n) is 5.97. The molecule has 1 unspecified atom stereocenters. The molecule has 0 saturated heterocycles. The first-order valence-corrected chi connectivity index (χ1v) is 10.7. The molecule has 29 heavy (non-hydrogen) atoms.